The van der Waals surface area contributed by atoms with E-state index in [0.29, 0.717) is 24.7 Å². The number of nitrogens with zero attached hydrogens (tertiary/aromatic N) is 2. The van der Waals surface area contributed by atoms with Gasteiger partial charge in [0.2, 0.25) is 0 Å². The summed E-state index contributed by atoms with van der Waals surface area (Å²) in [6, 6.07) is 0. The molecule has 0 saturated carbocycles. The second-order valence-corrected chi connectivity index (χ2v) is 3.94. The van der Waals surface area contributed by atoms with Crippen LogP contribution >= 0.6 is 12.2 Å². The van der Waals surface area contributed by atoms with E-state index in [4.69, 9.17) is 22.7 Å². The molecule has 16 heavy (non-hydrogen) atoms. The average Bonchev–Trinajstić information content (AvgIpc) is 2.25. The second kappa shape index (κ2) is 6.34. The quantitative estimate of drug-likeness (QED) is 0.569. The Hall–Kier alpha value is -1.27. The highest BCUT2D eigenvalue weighted by Gasteiger charge is 1.99. The first-order valence-electron chi connectivity index (χ1n) is 5.07. The van der Waals surface area contributed by atoms with E-state index in [1.54, 1.807) is 12.4 Å². The summed E-state index contributed by atoms with van der Waals surface area (Å²) in [5.41, 5.74) is 5.93. The fraction of sp³-hybridized carbons (Fsp3) is 0.500. The predicted octanol–water partition coefficient (Wildman–Crippen LogP) is 0.948. The van der Waals surface area contributed by atoms with Crippen LogP contribution in [0.5, 0.6) is 0 Å². The first-order chi connectivity index (χ1) is 7.59. The molecule has 0 atom stereocenters. The van der Waals surface area contributed by atoms with Crippen LogP contribution in [0.1, 0.15) is 19.5 Å². The van der Waals surface area contributed by atoms with Gasteiger partial charge in [0.25, 0.3) is 0 Å². The fourth-order valence-electron chi connectivity index (χ4n) is 1.02. The number of anilines is 1. The van der Waals surface area contributed by atoms with E-state index < -0.39 is 0 Å². The highest BCUT2D eigenvalue weighted by molar-refractivity contribution is 7.80. The molecule has 0 spiro atoms. The number of rotatable bonds is 6. The van der Waals surface area contributed by atoms with Crippen molar-refractivity contribution in [3.05, 3.63) is 18.1 Å². The summed E-state index contributed by atoms with van der Waals surface area (Å²) in [7, 11) is 0. The molecule has 0 radical (unpaired) electrons. The maximum atomic E-state index is 5.41. The summed E-state index contributed by atoms with van der Waals surface area (Å²) in [6.07, 6.45) is 3.39. The van der Waals surface area contributed by atoms with E-state index in [1.165, 1.54) is 0 Å². The lowest BCUT2D eigenvalue weighted by molar-refractivity contribution is 0.0870. The largest absolute Gasteiger partial charge is 0.388 e. The zero-order valence-electron chi connectivity index (χ0n) is 9.43. The van der Waals surface area contributed by atoms with Crippen LogP contribution in [0.3, 0.4) is 0 Å². The minimum Gasteiger partial charge on any atom is -0.388 e. The minimum absolute atomic E-state index is 0.241. The van der Waals surface area contributed by atoms with E-state index >= 15 is 0 Å². The van der Waals surface area contributed by atoms with Crippen molar-refractivity contribution in [2.75, 3.05) is 18.5 Å². The van der Waals surface area contributed by atoms with Crippen molar-refractivity contribution in [1.29, 1.82) is 0 Å². The van der Waals surface area contributed by atoms with Crippen molar-refractivity contribution in [3.8, 4) is 0 Å². The average molecular weight is 240 g/mol. The number of nitrogens with one attached hydrogen (secondary N) is 1. The van der Waals surface area contributed by atoms with Gasteiger partial charge in [-0.25, -0.2) is 9.97 Å². The number of hydrogen-bond acceptors (Lipinski definition) is 5. The van der Waals surface area contributed by atoms with E-state index in [0.717, 1.165) is 0 Å². The van der Waals surface area contributed by atoms with Gasteiger partial charge in [-0.05, 0) is 13.8 Å². The summed E-state index contributed by atoms with van der Waals surface area (Å²) in [5.74, 6) is 0.687. The van der Waals surface area contributed by atoms with Gasteiger partial charge < -0.3 is 15.8 Å². The lowest BCUT2D eigenvalue weighted by Gasteiger charge is -2.08. The van der Waals surface area contributed by atoms with Crippen LogP contribution in [0, 0.1) is 0 Å². The van der Waals surface area contributed by atoms with Crippen molar-refractivity contribution in [2.24, 2.45) is 5.73 Å². The first-order valence-corrected chi connectivity index (χ1v) is 5.47. The molecule has 0 fully saturated rings. The Morgan fingerprint density at radius 1 is 1.50 bits per heavy atom. The molecule has 0 saturated heterocycles. The normalized spacial score (nSPS) is 10.4. The molecule has 0 unspecified atom stereocenters. The molecule has 1 aromatic heterocycles. The molecule has 0 aromatic carbocycles. The first kappa shape index (κ1) is 12.8. The Labute approximate surface area is 100 Å². The van der Waals surface area contributed by atoms with Crippen LogP contribution < -0.4 is 11.1 Å². The van der Waals surface area contributed by atoms with Gasteiger partial charge in [0, 0.05) is 6.54 Å². The van der Waals surface area contributed by atoms with Crippen molar-refractivity contribution in [2.45, 2.75) is 20.0 Å². The van der Waals surface area contributed by atoms with Crippen LogP contribution in [0.2, 0.25) is 0 Å². The van der Waals surface area contributed by atoms with Crippen molar-refractivity contribution < 1.29 is 4.74 Å². The molecule has 0 bridgehead atoms. The van der Waals surface area contributed by atoms with Crippen molar-refractivity contribution >= 4 is 23.0 Å². The van der Waals surface area contributed by atoms with E-state index in [-0.39, 0.29) is 11.1 Å². The zero-order chi connectivity index (χ0) is 12.0. The highest BCUT2D eigenvalue weighted by Crippen LogP contribution is 2.00. The third kappa shape index (κ3) is 4.50. The summed E-state index contributed by atoms with van der Waals surface area (Å²) in [5, 5.41) is 3.08. The minimum atomic E-state index is 0.241. The number of ether oxygens (including phenoxy) is 1. The maximum absolute atomic E-state index is 5.41. The van der Waals surface area contributed by atoms with E-state index in [2.05, 4.69) is 15.3 Å². The summed E-state index contributed by atoms with van der Waals surface area (Å²) in [6.45, 7) is 5.32. The van der Waals surface area contributed by atoms with Gasteiger partial charge in [0.1, 0.15) is 16.5 Å². The number of nitrogens with two attached hydrogens (primary N) is 1. The molecule has 3 N–H and O–H groups in total. The molecule has 5 nitrogen and oxygen atoms in total. The summed E-state index contributed by atoms with van der Waals surface area (Å²) in [4.78, 5) is 8.43. The number of aromatic nitrogens is 2. The lowest BCUT2D eigenvalue weighted by Crippen LogP contribution is -2.15. The van der Waals surface area contributed by atoms with Crippen LogP contribution in [-0.4, -0.2) is 34.2 Å². The maximum Gasteiger partial charge on any atom is 0.144 e. The van der Waals surface area contributed by atoms with Crippen LogP contribution in [-0.2, 0) is 4.74 Å². The van der Waals surface area contributed by atoms with Gasteiger partial charge >= 0.3 is 0 Å². The van der Waals surface area contributed by atoms with Gasteiger partial charge in [-0.2, -0.15) is 0 Å². The van der Waals surface area contributed by atoms with Gasteiger partial charge in [0.05, 0.1) is 25.1 Å². The molecule has 0 aliphatic heterocycles. The molecule has 88 valence electrons. The van der Waals surface area contributed by atoms with Crippen molar-refractivity contribution in [3.63, 3.8) is 0 Å². The molecule has 1 aromatic rings. The predicted molar refractivity (Wildman–Crippen MR) is 67.5 cm³/mol. The Bertz CT molecular complexity index is 339. The Morgan fingerprint density at radius 3 is 2.75 bits per heavy atom. The number of hydrogen-bond donors (Lipinski definition) is 2. The molecule has 6 heteroatoms. The Balaban J connectivity index is 2.35. The molecule has 1 heterocycles. The van der Waals surface area contributed by atoms with Gasteiger partial charge in [-0.15, -0.1) is 0 Å². The smallest absolute Gasteiger partial charge is 0.144 e. The summed E-state index contributed by atoms with van der Waals surface area (Å²) < 4.78 is 5.37. The zero-order valence-corrected chi connectivity index (χ0v) is 10.3. The van der Waals surface area contributed by atoms with E-state index in [1.807, 2.05) is 13.8 Å². The highest BCUT2D eigenvalue weighted by atomic mass is 32.1. The lowest BCUT2D eigenvalue weighted by atomic mass is 10.4. The molecule has 0 aliphatic rings. The molecular weight excluding hydrogens is 224 g/mol. The second-order valence-electron chi connectivity index (χ2n) is 3.50. The molecule has 0 amide bonds. The standard InChI is InChI=1S/C10H16N4OS/c1-7(2)15-4-3-12-9-6-13-8(5-14-9)10(11)16/h5-7H,3-4H2,1-2H3,(H2,11,16)(H,12,14). The Kier molecular flexibility index (Phi) is 5.07. The third-order valence-corrected chi connectivity index (χ3v) is 1.97. The molecular formula is C10H16N4OS. The SMILES string of the molecule is CC(C)OCCNc1cnc(C(N)=S)cn1. The topological polar surface area (TPSA) is 73.1 Å². The van der Waals surface area contributed by atoms with Gasteiger partial charge in [-0.1, -0.05) is 12.2 Å². The molecule has 0 aliphatic carbocycles. The van der Waals surface area contributed by atoms with Crippen molar-refractivity contribution in [1.82, 2.24) is 9.97 Å². The third-order valence-electron chi connectivity index (χ3n) is 1.76. The van der Waals surface area contributed by atoms with Gasteiger partial charge in [-0.3, -0.25) is 0 Å². The fourth-order valence-corrected chi connectivity index (χ4v) is 1.13. The molecule has 1 rings (SSSR count). The monoisotopic (exact) mass is 240 g/mol. The van der Waals surface area contributed by atoms with E-state index in [9.17, 15) is 0 Å². The summed E-state index contributed by atoms with van der Waals surface area (Å²) >= 11 is 4.78. The van der Waals surface area contributed by atoms with Crippen LogP contribution in [0.15, 0.2) is 12.4 Å². The van der Waals surface area contributed by atoms with Crippen LogP contribution in [0.25, 0.3) is 0 Å². The van der Waals surface area contributed by atoms with Gasteiger partial charge in [0.15, 0.2) is 0 Å². The Morgan fingerprint density at radius 2 is 2.25 bits per heavy atom. The van der Waals surface area contributed by atoms with Crippen LogP contribution in [0.4, 0.5) is 5.82 Å². The number of thiocarbonyl (C=S) groups is 1.